The maximum absolute atomic E-state index is 12.3. The van der Waals surface area contributed by atoms with Crippen molar-refractivity contribution in [3.05, 3.63) is 58.9 Å². The first kappa shape index (κ1) is 21.0. The van der Waals surface area contributed by atoms with Crippen molar-refractivity contribution in [1.82, 2.24) is 14.8 Å². The predicted octanol–water partition coefficient (Wildman–Crippen LogP) is 4.10. The molecule has 0 fully saturated rings. The van der Waals surface area contributed by atoms with Crippen LogP contribution in [0.2, 0.25) is 5.02 Å². The van der Waals surface area contributed by atoms with Crippen LogP contribution in [-0.2, 0) is 18.4 Å². The van der Waals surface area contributed by atoms with E-state index in [4.69, 9.17) is 21.1 Å². The Morgan fingerprint density at radius 1 is 1.17 bits per heavy atom. The summed E-state index contributed by atoms with van der Waals surface area (Å²) in [6.45, 7) is 2.18. The van der Waals surface area contributed by atoms with Gasteiger partial charge in [0.1, 0.15) is 18.1 Å². The molecule has 7 nitrogen and oxygen atoms in total. The van der Waals surface area contributed by atoms with Crippen LogP contribution < -0.4 is 14.8 Å². The van der Waals surface area contributed by atoms with Crippen LogP contribution in [0.1, 0.15) is 11.4 Å². The molecule has 0 aliphatic rings. The summed E-state index contributed by atoms with van der Waals surface area (Å²) in [5.74, 6) is 2.20. The number of amides is 1. The van der Waals surface area contributed by atoms with Crippen LogP contribution in [0.25, 0.3) is 0 Å². The van der Waals surface area contributed by atoms with Crippen molar-refractivity contribution >= 4 is 35.0 Å². The number of carbonyl (C=O) groups excluding carboxylic acids is 1. The summed E-state index contributed by atoms with van der Waals surface area (Å²) < 4.78 is 12.7. The van der Waals surface area contributed by atoms with Crippen LogP contribution in [0, 0.1) is 6.92 Å². The average molecular weight is 433 g/mol. The fourth-order valence-electron chi connectivity index (χ4n) is 2.46. The first-order chi connectivity index (χ1) is 14.0. The van der Waals surface area contributed by atoms with Gasteiger partial charge in [-0.2, -0.15) is 0 Å². The summed E-state index contributed by atoms with van der Waals surface area (Å²) in [5.41, 5.74) is 1.65. The van der Waals surface area contributed by atoms with Gasteiger partial charge in [0, 0.05) is 17.8 Å². The Kier molecular flexibility index (Phi) is 7.00. The molecule has 0 spiro atoms. The summed E-state index contributed by atoms with van der Waals surface area (Å²) in [4.78, 5) is 12.3. The zero-order valence-electron chi connectivity index (χ0n) is 16.3. The van der Waals surface area contributed by atoms with Gasteiger partial charge in [0.25, 0.3) is 0 Å². The summed E-state index contributed by atoms with van der Waals surface area (Å²) in [5, 5.41) is 12.4. The molecule has 0 aliphatic carbocycles. The van der Waals surface area contributed by atoms with E-state index in [1.165, 1.54) is 11.8 Å². The quantitative estimate of drug-likeness (QED) is 0.540. The van der Waals surface area contributed by atoms with Gasteiger partial charge >= 0.3 is 0 Å². The number of thioether (sulfide) groups is 1. The Balaban J connectivity index is 1.53. The molecule has 1 N–H and O–H groups in total. The third kappa shape index (κ3) is 5.65. The number of carbonyl (C=O) groups is 1. The number of nitrogens with zero attached hydrogens (tertiary/aromatic N) is 3. The maximum atomic E-state index is 12.3. The number of nitrogens with one attached hydrogen (secondary N) is 1. The summed E-state index contributed by atoms with van der Waals surface area (Å²) in [6.07, 6.45) is 0. The molecule has 152 valence electrons. The van der Waals surface area contributed by atoms with E-state index in [0.717, 1.165) is 11.3 Å². The Bertz CT molecular complexity index is 992. The molecule has 9 heteroatoms. The van der Waals surface area contributed by atoms with Crippen molar-refractivity contribution in [2.45, 2.75) is 18.7 Å². The lowest BCUT2D eigenvalue weighted by atomic mass is 10.2. The van der Waals surface area contributed by atoms with Crippen molar-refractivity contribution in [3.63, 3.8) is 0 Å². The number of anilines is 1. The number of aryl methyl sites for hydroxylation is 1. The number of benzene rings is 2. The topological polar surface area (TPSA) is 78.3 Å². The number of hydrogen-bond acceptors (Lipinski definition) is 6. The molecule has 0 unspecified atom stereocenters. The summed E-state index contributed by atoms with van der Waals surface area (Å²) in [6, 6.07) is 12.7. The van der Waals surface area contributed by atoms with E-state index in [-0.39, 0.29) is 18.3 Å². The highest BCUT2D eigenvalue weighted by atomic mass is 35.5. The first-order valence-electron chi connectivity index (χ1n) is 8.80. The fourth-order valence-corrected chi connectivity index (χ4v) is 3.36. The van der Waals surface area contributed by atoms with E-state index in [9.17, 15) is 4.79 Å². The normalized spacial score (nSPS) is 10.6. The third-order valence-electron chi connectivity index (χ3n) is 4.16. The molecule has 1 aromatic heterocycles. The maximum Gasteiger partial charge on any atom is 0.234 e. The molecule has 0 saturated heterocycles. The second kappa shape index (κ2) is 9.67. The fraction of sp³-hybridized carbons (Fsp3) is 0.250. The van der Waals surface area contributed by atoms with Crippen LogP contribution >= 0.6 is 23.4 Å². The van der Waals surface area contributed by atoms with Crippen molar-refractivity contribution in [2.24, 2.45) is 7.05 Å². The number of methoxy groups -OCH3 is 1. The molecular weight excluding hydrogens is 412 g/mol. The van der Waals surface area contributed by atoms with Crippen LogP contribution in [0.5, 0.6) is 11.5 Å². The molecule has 3 aromatic rings. The van der Waals surface area contributed by atoms with Gasteiger partial charge < -0.3 is 19.4 Å². The van der Waals surface area contributed by atoms with E-state index in [1.54, 1.807) is 19.2 Å². The second-order valence-corrected chi connectivity index (χ2v) is 7.60. The number of halogens is 1. The molecule has 1 amide bonds. The minimum Gasteiger partial charge on any atom is -0.497 e. The van der Waals surface area contributed by atoms with Crippen LogP contribution in [0.15, 0.2) is 47.6 Å². The van der Waals surface area contributed by atoms with Crippen molar-refractivity contribution in [3.8, 4) is 11.5 Å². The average Bonchev–Trinajstić information content (AvgIpc) is 3.07. The molecule has 0 atom stereocenters. The Hall–Kier alpha value is -2.71. The highest BCUT2D eigenvalue weighted by Crippen LogP contribution is 2.22. The van der Waals surface area contributed by atoms with Gasteiger partial charge in [-0.25, -0.2) is 0 Å². The number of rotatable bonds is 8. The van der Waals surface area contributed by atoms with E-state index in [1.807, 2.05) is 48.9 Å². The van der Waals surface area contributed by atoms with Crippen molar-refractivity contribution < 1.29 is 14.3 Å². The molecule has 0 radical (unpaired) electrons. The van der Waals surface area contributed by atoms with Gasteiger partial charge in [-0.3, -0.25) is 4.79 Å². The molecule has 0 bridgehead atoms. The molecule has 1 heterocycles. The van der Waals surface area contributed by atoms with E-state index < -0.39 is 0 Å². The van der Waals surface area contributed by atoms with E-state index in [2.05, 4.69) is 15.5 Å². The highest BCUT2D eigenvalue weighted by Gasteiger charge is 2.13. The van der Waals surface area contributed by atoms with E-state index >= 15 is 0 Å². The third-order valence-corrected chi connectivity index (χ3v) is 5.41. The predicted molar refractivity (Wildman–Crippen MR) is 114 cm³/mol. The number of aromatic nitrogens is 3. The lowest BCUT2D eigenvalue weighted by Crippen LogP contribution is -2.15. The zero-order valence-corrected chi connectivity index (χ0v) is 17.9. The summed E-state index contributed by atoms with van der Waals surface area (Å²) >= 11 is 7.29. The molecule has 2 aromatic carbocycles. The molecule has 0 saturated carbocycles. The monoisotopic (exact) mass is 432 g/mol. The molecular formula is C20H21ClN4O3S. The van der Waals surface area contributed by atoms with Crippen LogP contribution in [0.4, 0.5) is 5.69 Å². The van der Waals surface area contributed by atoms with E-state index in [0.29, 0.717) is 27.4 Å². The molecule has 0 aliphatic heterocycles. The van der Waals surface area contributed by atoms with Gasteiger partial charge in [-0.05, 0) is 48.9 Å². The number of hydrogen-bond donors (Lipinski definition) is 1. The van der Waals surface area contributed by atoms with Crippen LogP contribution in [-0.4, -0.2) is 33.5 Å². The number of ether oxygens (including phenoxy) is 2. The van der Waals surface area contributed by atoms with Gasteiger partial charge in [0.2, 0.25) is 5.91 Å². The van der Waals surface area contributed by atoms with Crippen LogP contribution in [0.3, 0.4) is 0 Å². The molecule has 29 heavy (non-hydrogen) atoms. The van der Waals surface area contributed by atoms with Gasteiger partial charge in [-0.1, -0.05) is 29.4 Å². The largest absolute Gasteiger partial charge is 0.497 e. The van der Waals surface area contributed by atoms with Gasteiger partial charge in [0.05, 0.1) is 12.9 Å². The highest BCUT2D eigenvalue weighted by molar-refractivity contribution is 7.99. The van der Waals surface area contributed by atoms with Gasteiger partial charge in [-0.15, -0.1) is 10.2 Å². The zero-order chi connectivity index (χ0) is 20.8. The summed E-state index contributed by atoms with van der Waals surface area (Å²) in [7, 11) is 3.46. The Morgan fingerprint density at radius 2 is 1.90 bits per heavy atom. The first-order valence-corrected chi connectivity index (χ1v) is 10.2. The smallest absolute Gasteiger partial charge is 0.234 e. The second-order valence-electron chi connectivity index (χ2n) is 6.22. The minimum atomic E-state index is -0.139. The minimum absolute atomic E-state index is 0.139. The lowest BCUT2D eigenvalue weighted by Gasteiger charge is -2.09. The molecule has 3 rings (SSSR count). The van der Waals surface area contributed by atoms with Crippen molar-refractivity contribution in [2.75, 3.05) is 18.2 Å². The Labute approximate surface area is 178 Å². The van der Waals surface area contributed by atoms with Gasteiger partial charge in [0.15, 0.2) is 11.0 Å². The Morgan fingerprint density at radius 3 is 2.62 bits per heavy atom. The SMILES string of the molecule is COc1ccc(OCc2nnc(SCC(=O)Nc3cc(Cl)ccc3C)n2C)cc1. The van der Waals surface area contributed by atoms with Crippen molar-refractivity contribution in [1.29, 1.82) is 0 Å². The lowest BCUT2D eigenvalue weighted by molar-refractivity contribution is -0.113. The standard InChI is InChI=1S/C20H21ClN4O3S/c1-13-4-5-14(21)10-17(13)22-19(26)12-29-20-24-23-18(25(20)2)11-28-16-8-6-15(27-3)7-9-16/h4-10H,11-12H2,1-3H3,(H,22,26).